The summed E-state index contributed by atoms with van der Waals surface area (Å²) < 4.78 is 0. The highest BCUT2D eigenvalue weighted by molar-refractivity contribution is 8.03. The Labute approximate surface area is 224 Å². The summed E-state index contributed by atoms with van der Waals surface area (Å²) in [7, 11) is 0. The van der Waals surface area contributed by atoms with Gasteiger partial charge in [-0.2, -0.15) is 0 Å². The van der Waals surface area contributed by atoms with E-state index in [0.717, 1.165) is 76.5 Å². The highest BCUT2D eigenvalue weighted by Gasteiger charge is 2.20. The van der Waals surface area contributed by atoms with E-state index in [-0.39, 0.29) is 0 Å². The molecule has 0 bridgehead atoms. The molecule has 4 nitrogen and oxygen atoms in total. The van der Waals surface area contributed by atoms with E-state index in [1.165, 1.54) is 30.3 Å². The van der Waals surface area contributed by atoms with Crippen molar-refractivity contribution in [3.63, 3.8) is 0 Å². The maximum absolute atomic E-state index is 6.70. The van der Waals surface area contributed by atoms with Crippen LogP contribution in [0.5, 0.6) is 0 Å². The number of nitrogens with zero attached hydrogens (tertiary/aromatic N) is 3. The second kappa shape index (κ2) is 11.4. The molecule has 3 aromatic rings. The molecule has 0 aliphatic carbocycles. The molecule has 0 unspecified atom stereocenters. The van der Waals surface area contributed by atoms with Crippen LogP contribution in [0, 0.1) is 6.92 Å². The number of aryl methyl sites for hydroxylation is 1. The number of unbranched alkanes of at least 4 members (excludes halogenated alkanes) is 1. The van der Waals surface area contributed by atoms with Crippen molar-refractivity contribution >= 4 is 40.0 Å². The van der Waals surface area contributed by atoms with Gasteiger partial charge in [0.25, 0.3) is 0 Å². The molecule has 2 N–H and O–H groups in total. The predicted molar refractivity (Wildman–Crippen MR) is 157 cm³/mol. The molecule has 188 valence electrons. The molecule has 2 heterocycles. The first kappa shape index (κ1) is 26.2. The van der Waals surface area contributed by atoms with Crippen molar-refractivity contribution in [2.24, 2.45) is 5.73 Å². The van der Waals surface area contributed by atoms with Gasteiger partial charge < -0.3 is 15.5 Å². The summed E-state index contributed by atoms with van der Waals surface area (Å²) in [6, 6.07) is 14.4. The quantitative estimate of drug-likeness (QED) is 0.294. The van der Waals surface area contributed by atoms with Crippen molar-refractivity contribution in [1.82, 2.24) is 14.8 Å². The van der Waals surface area contributed by atoms with Gasteiger partial charge in [0.15, 0.2) is 0 Å². The minimum absolute atomic E-state index is 0.564. The zero-order valence-electron chi connectivity index (χ0n) is 21.3. The van der Waals surface area contributed by atoms with Crippen molar-refractivity contribution in [3.8, 4) is 11.3 Å². The number of piperazine rings is 1. The number of benzene rings is 2. The standard InChI is InChI=1S/C30H35ClN4S/c1-6-7-8-21(3)34-13-15-35(16-14-34)22(4)24-11-12-26-27(31)19-28(33-29(26)17-24)25-10-9-20(2)30(18-25)36-23(5)32/h9-12,17-19H,3-8,13-16,32H2,1-2H3. The van der Waals surface area contributed by atoms with Crippen LogP contribution in [0.2, 0.25) is 5.02 Å². The molecule has 0 saturated carbocycles. The van der Waals surface area contributed by atoms with Crippen molar-refractivity contribution in [3.05, 3.63) is 89.1 Å². The monoisotopic (exact) mass is 518 g/mol. The Morgan fingerprint density at radius 3 is 2.44 bits per heavy atom. The van der Waals surface area contributed by atoms with Crippen LogP contribution >= 0.6 is 23.4 Å². The predicted octanol–water partition coefficient (Wildman–Crippen LogP) is 7.68. The number of halogens is 1. The second-order valence-corrected chi connectivity index (χ2v) is 10.9. The van der Waals surface area contributed by atoms with Gasteiger partial charge in [-0.05, 0) is 49.1 Å². The molecule has 1 aliphatic rings. The first-order valence-corrected chi connectivity index (χ1v) is 13.7. The smallest absolute Gasteiger partial charge is 0.0731 e. The molecule has 4 rings (SSSR count). The molecule has 1 fully saturated rings. The van der Waals surface area contributed by atoms with Crippen molar-refractivity contribution < 1.29 is 0 Å². The maximum Gasteiger partial charge on any atom is 0.0731 e. The van der Waals surface area contributed by atoms with E-state index >= 15 is 0 Å². The fourth-order valence-corrected chi connectivity index (χ4v) is 5.50. The van der Waals surface area contributed by atoms with Gasteiger partial charge in [-0.3, -0.25) is 0 Å². The van der Waals surface area contributed by atoms with Gasteiger partial charge >= 0.3 is 0 Å². The SMILES string of the molecule is C=C(N)Sc1cc(-c2cc(Cl)c3ccc(C(=C)N4CCN(C(=C)CCCC)CC4)cc3n2)ccc1C. The lowest BCUT2D eigenvalue weighted by Crippen LogP contribution is -2.44. The molecule has 0 atom stereocenters. The molecule has 0 amide bonds. The summed E-state index contributed by atoms with van der Waals surface area (Å²) in [5, 5.41) is 2.18. The average Bonchev–Trinajstić information content (AvgIpc) is 2.87. The fourth-order valence-electron chi connectivity index (χ4n) is 4.54. The first-order chi connectivity index (χ1) is 17.3. The summed E-state index contributed by atoms with van der Waals surface area (Å²) in [5.41, 5.74) is 13.0. The number of rotatable bonds is 9. The summed E-state index contributed by atoms with van der Waals surface area (Å²) in [6.45, 7) is 20.7. The zero-order chi connectivity index (χ0) is 25.8. The van der Waals surface area contributed by atoms with Gasteiger partial charge in [0.1, 0.15) is 0 Å². The maximum atomic E-state index is 6.70. The van der Waals surface area contributed by atoms with Gasteiger partial charge in [-0.1, -0.05) is 80.7 Å². The molecule has 1 aliphatic heterocycles. The average molecular weight is 519 g/mol. The Kier molecular flexibility index (Phi) is 8.32. The Hall–Kier alpha value is -2.89. The molecule has 6 heteroatoms. The zero-order valence-corrected chi connectivity index (χ0v) is 22.9. The Balaban J connectivity index is 1.56. The summed E-state index contributed by atoms with van der Waals surface area (Å²) in [6.07, 6.45) is 3.48. The molecule has 2 aromatic carbocycles. The summed E-state index contributed by atoms with van der Waals surface area (Å²) >= 11 is 8.17. The molecule has 36 heavy (non-hydrogen) atoms. The van der Waals surface area contributed by atoms with Crippen molar-refractivity contribution in [2.45, 2.75) is 38.0 Å². The highest BCUT2D eigenvalue weighted by Crippen LogP contribution is 2.34. The third-order valence-electron chi connectivity index (χ3n) is 6.75. The normalized spacial score (nSPS) is 13.8. The largest absolute Gasteiger partial charge is 0.394 e. The van der Waals surface area contributed by atoms with Crippen LogP contribution in [0.3, 0.4) is 0 Å². The molecular weight excluding hydrogens is 484 g/mol. The van der Waals surface area contributed by atoms with Crippen LogP contribution in [0.25, 0.3) is 27.9 Å². The summed E-state index contributed by atoms with van der Waals surface area (Å²) in [4.78, 5) is 10.8. The highest BCUT2D eigenvalue weighted by atomic mass is 35.5. The summed E-state index contributed by atoms with van der Waals surface area (Å²) in [5.74, 6) is 0. The topological polar surface area (TPSA) is 45.4 Å². The van der Waals surface area contributed by atoms with Gasteiger partial charge in [-0.15, -0.1) is 0 Å². The number of fused-ring (bicyclic) bond motifs is 1. The number of thioether (sulfide) groups is 1. The lowest BCUT2D eigenvalue weighted by atomic mass is 10.0. The van der Waals surface area contributed by atoms with Crippen LogP contribution in [-0.4, -0.2) is 41.0 Å². The van der Waals surface area contributed by atoms with Gasteiger partial charge in [-0.25, -0.2) is 4.98 Å². The molecular formula is C30H35ClN4S. The molecule has 1 saturated heterocycles. The van der Waals surface area contributed by atoms with Crippen LogP contribution in [-0.2, 0) is 0 Å². The number of pyridine rings is 1. The van der Waals surface area contributed by atoms with Crippen LogP contribution < -0.4 is 5.73 Å². The van der Waals surface area contributed by atoms with Crippen LogP contribution in [0.4, 0.5) is 0 Å². The minimum Gasteiger partial charge on any atom is -0.394 e. The Morgan fingerprint density at radius 1 is 1.03 bits per heavy atom. The minimum atomic E-state index is 0.564. The van der Waals surface area contributed by atoms with Crippen LogP contribution in [0.1, 0.15) is 37.3 Å². The van der Waals surface area contributed by atoms with E-state index in [2.05, 4.69) is 73.7 Å². The molecule has 0 spiro atoms. The second-order valence-electron chi connectivity index (χ2n) is 9.36. The van der Waals surface area contributed by atoms with E-state index in [1.54, 1.807) is 0 Å². The van der Waals surface area contributed by atoms with Gasteiger partial charge in [0, 0.05) is 53.4 Å². The number of hydrogen-bond acceptors (Lipinski definition) is 5. The lowest BCUT2D eigenvalue weighted by Gasteiger charge is -2.39. The molecule has 0 radical (unpaired) electrons. The van der Waals surface area contributed by atoms with Gasteiger partial charge in [0.2, 0.25) is 0 Å². The van der Waals surface area contributed by atoms with Crippen LogP contribution in [0.15, 0.2) is 77.8 Å². The third kappa shape index (κ3) is 5.91. The number of allylic oxidation sites excluding steroid dienone is 1. The molecule has 1 aromatic heterocycles. The fraction of sp³-hybridized carbons (Fsp3) is 0.300. The number of hydrogen-bond donors (Lipinski definition) is 1. The van der Waals surface area contributed by atoms with Gasteiger partial charge in [0.05, 0.1) is 21.3 Å². The van der Waals surface area contributed by atoms with E-state index in [9.17, 15) is 0 Å². The van der Waals surface area contributed by atoms with E-state index in [0.29, 0.717) is 10.1 Å². The number of nitrogens with two attached hydrogens (primary N) is 1. The first-order valence-electron chi connectivity index (χ1n) is 12.5. The lowest BCUT2D eigenvalue weighted by molar-refractivity contribution is 0.209. The van der Waals surface area contributed by atoms with Crippen molar-refractivity contribution in [2.75, 3.05) is 26.2 Å². The Morgan fingerprint density at radius 2 is 1.75 bits per heavy atom. The van der Waals surface area contributed by atoms with E-state index < -0.39 is 0 Å². The van der Waals surface area contributed by atoms with Crippen molar-refractivity contribution in [1.29, 1.82) is 0 Å². The van der Waals surface area contributed by atoms with E-state index in [1.807, 2.05) is 12.1 Å². The number of aromatic nitrogens is 1. The Bertz CT molecular complexity index is 1310. The third-order valence-corrected chi connectivity index (χ3v) is 7.98. The van der Waals surface area contributed by atoms with E-state index in [4.69, 9.17) is 22.3 Å².